The van der Waals surface area contributed by atoms with Gasteiger partial charge in [-0.05, 0) is 13.8 Å². The maximum absolute atomic E-state index is 9.09. The first kappa shape index (κ1) is 14.2. The average molecular weight is 286 g/mol. The summed E-state index contributed by atoms with van der Waals surface area (Å²) in [6.07, 6.45) is 3.23. The molecule has 0 amide bonds. The summed E-state index contributed by atoms with van der Waals surface area (Å²) in [5.74, 6) is 0.733. The molecular formula is C15H22N6. The number of nitriles is 1. The smallest absolute Gasteiger partial charge is 0.183 e. The van der Waals surface area contributed by atoms with Crippen LogP contribution >= 0.6 is 0 Å². The third-order valence-electron chi connectivity index (χ3n) is 4.54. The molecule has 112 valence electrons. The van der Waals surface area contributed by atoms with Gasteiger partial charge in [0.15, 0.2) is 11.5 Å². The van der Waals surface area contributed by atoms with Crippen molar-refractivity contribution >= 4 is 5.82 Å². The van der Waals surface area contributed by atoms with Crippen LogP contribution in [0.25, 0.3) is 0 Å². The molecule has 2 aliphatic heterocycles. The van der Waals surface area contributed by atoms with E-state index in [0.29, 0.717) is 17.8 Å². The van der Waals surface area contributed by atoms with Crippen molar-refractivity contribution in [3.63, 3.8) is 0 Å². The molecule has 0 saturated carbocycles. The zero-order valence-corrected chi connectivity index (χ0v) is 12.7. The van der Waals surface area contributed by atoms with Crippen LogP contribution in [-0.4, -0.2) is 71.1 Å². The van der Waals surface area contributed by atoms with Gasteiger partial charge in [0.25, 0.3) is 0 Å². The maximum Gasteiger partial charge on any atom is 0.183 e. The van der Waals surface area contributed by atoms with E-state index < -0.39 is 0 Å². The molecule has 3 rings (SSSR count). The summed E-state index contributed by atoms with van der Waals surface area (Å²) in [7, 11) is 0. The zero-order valence-electron chi connectivity index (χ0n) is 12.7. The molecule has 1 aromatic heterocycles. The molecular weight excluding hydrogens is 264 g/mol. The van der Waals surface area contributed by atoms with Crippen LogP contribution in [0, 0.1) is 11.3 Å². The molecule has 0 atom stereocenters. The minimum atomic E-state index is 0.431. The fourth-order valence-electron chi connectivity index (χ4n) is 3.12. The van der Waals surface area contributed by atoms with E-state index in [-0.39, 0.29) is 0 Å². The Labute approximate surface area is 126 Å². The molecule has 2 fully saturated rings. The fourth-order valence-corrected chi connectivity index (χ4v) is 3.12. The molecule has 3 heterocycles. The lowest BCUT2D eigenvalue weighted by molar-refractivity contribution is 0.0676. The molecule has 6 nitrogen and oxygen atoms in total. The Morgan fingerprint density at radius 3 is 2.43 bits per heavy atom. The minimum absolute atomic E-state index is 0.431. The largest absolute Gasteiger partial charge is 0.351 e. The van der Waals surface area contributed by atoms with E-state index in [1.165, 1.54) is 0 Å². The first-order valence-corrected chi connectivity index (χ1v) is 7.63. The van der Waals surface area contributed by atoms with E-state index >= 15 is 0 Å². The van der Waals surface area contributed by atoms with Crippen molar-refractivity contribution in [2.24, 2.45) is 0 Å². The summed E-state index contributed by atoms with van der Waals surface area (Å²) in [5.41, 5.74) is 0.431. The standard InChI is InChI=1S/C15H22N6/c1-12(2)19-5-7-20(8-6-19)13-10-21(11-13)15-14(9-16)17-3-4-18-15/h3-4,12-13H,5-8,10-11H2,1-2H3. The quantitative estimate of drug-likeness (QED) is 0.809. The van der Waals surface area contributed by atoms with E-state index in [1.807, 2.05) is 0 Å². The Hall–Kier alpha value is -1.71. The van der Waals surface area contributed by atoms with E-state index in [0.717, 1.165) is 45.1 Å². The number of rotatable bonds is 3. The lowest BCUT2D eigenvalue weighted by atomic mass is 10.1. The Bertz CT molecular complexity index is 523. The van der Waals surface area contributed by atoms with Crippen LogP contribution in [0.2, 0.25) is 0 Å². The summed E-state index contributed by atoms with van der Waals surface area (Å²) in [6, 6.07) is 3.35. The molecule has 2 saturated heterocycles. The van der Waals surface area contributed by atoms with Gasteiger partial charge >= 0.3 is 0 Å². The summed E-state index contributed by atoms with van der Waals surface area (Å²) in [5, 5.41) is 9.09. The Morgan fingerprint density at radius 2 is 1.81 bits per heavy atom. The maximum atomic E-state index is 9.09. The molecule has 0 bridgehead atoms. The van der Waals surface area contributed by atoms with Gasteiger partial charge in [0.05, 0.1) is 0 Å². The fraction of sp³-hybridized carbons (Fsp3) is 0.667. The summed E-state index contributed by atoms with van der Waals surface area (Å²) < 4.78 is 0. The van der Waals surface area contributed by atoms with Crippen molar-refractivity contribution in [1.82, 2.24) is 19.8 Å². The van der Waals surface area contributed by atoms with Crippen molar-refractivity contribution in [1.29, 1.82) is 5.26 Å². The van der Waals surface area contributed by atoms with Crippen LogP contribution in [0.15, 0.2) is 12.4 Å². The molecule has 21 heavy (non-hydrogen) atoms. The van der Waals surface area contributed by atoms with Crippen molar-refractivity contribution in [3.8, 4) is 6.07 Å². The second-order valence-corrected chi connectivity index (χ2v) is 6.06. The first-order valence-electron chi connectivity index (χ1n) is 7.63. The number of aromatic nitrogens is 2. The number of piperazine rings is 1. The highest BCUT2D eigenvalue weighted by Crippen LogP contribution is 2.24. The second kappa shape index (κ2) is 5.96. The average Bonchev–Trinajstić information content (AvgIpc) is 2.47. The lowest BCUT2D eigenvalue weighted by Gasteiger charge is -2.49. The molecule has 2 aliphatic rings. The van der Waals surface area contributed by atoms with Gasteiger partial charge in [-0.2, -0.15) is 5.26 Å². The highest BCUT2D eigenvalue weighted by Gasteiger charge is 2.35. The lowest BCUT2D eigenvalue weighted by Crippen LogP contribution is -2.63. The van der Waals surface area contributed by atoms with E-state index in [1.54, 1.807) is 12.4 Å². The van der Waals surface area contributed by atoms with Crippen LogP contribution in [-0.2, 0) is 0 Å². The van der Waals surface area contributed by atoms with Crippen molar-refractivity contribution in [2.75, 3.05) is 44.2 Å². The predicted molar refractivity (Wildman–Crippen MR) is 81.0 cm³/mol. The monoisotopic (exact) mass is 286 g/mol. The van der Waals surface area contributed by atoms with Crippen molar-refractivity contribution in [2.45, 2.75) is 25.9 Å². The number of hydrogen-bond donors (Lipinski definition) is 0. The van der Waals surface area contributed by atoms with Gasteiger partial charge in [-0.15, -0.1) is 0 Å². The number of nitrogens with zero attached hydrogens (tertiary/aromatic N) is 6. The summed E-state index contributed by atoms with van der Waals surface area (Å²) in [6.45, 7) is 11.0. The first-order chi connectivity index (χ1) is 10.2. The van der Waals surface area contributed by atoms with Gasteiger partial charge < -0.3 is 4.90 Å². The predicted octanol–water partition coefficient (Wildman–Crippen LogP) is 0.563. The Kier molecular flexibility index (Phi) is 4.04. The van der Waals surface area contributed by atoms with E-state index in [9.17, 15) is 0 Å². The van der Waals surface area contributed by atoms with Crippen LogP contribution in [0.1, 0.15) is 19.5 Å². The third-order valence-corrected chi connectivity index (χ3v) is 4.54. The van der Waals surface area contributed by atoms with Gasteiger partial charge in [0.2, 0.25) is 0 Å². The molecule has 0 radical (unpaired) electrons. The normalized spacial score (nSPS) is 21.3. The van der Waals surface area contributed by atoms with Gasteiger partial charge in [0.1, 0.15) is 6.07 Å². The Balaban J connectivity index is 1.54. The number of anilines is 1. The molecule has 0 unspecified atom stereocenters. The van der Waals surface area contributed by atoms with Crippen LogP contribution in [0.3, 0.4) is 0 Å². The van der Waals surface area contributed by atoms with Crippen molar-refractivity contribution < 1.29 is 0 Å². The summed E-state index contributed by atoms with van der Waals surface area (Å²) in [4.78, 5) is 15.6. The molecule has 0 aliphatic carbocycles. The zero-order chi connectivity index (χ0) is 14.8. The molecule has 0 aromatic carbocycles. The van der Waals surface area contributed by atoms with Crippen LogP contribution in [0.5, 0.6) is 0 Å². The third kappa shape index (κ3) is 2.85. The molecule has 0 N–H and O–H groups in total. The second-order valence-electron chi connectivity index (χ2n) is 6.06. The molecule has 0 spiro atoms. The topological polar surface area (TPSA) is 59.3 Å². The van der Waals surface area contributed by atoms with E-state index in [2.05, 4.69) is 44.6 Å². The highest BCUT2D eigenvalue weighted by atomic mass is 15.4. The van der Waals surface area contributed by atoms with Gasteiger partial charge in [-0.1, -0.05) is 0 Å². The van der Waals surface area contributed by atoms with Crippen molar-refractivity contribution in [3.05, 3.63) is 18.1 Å². The van der Waals surface area contributed by atoms with Gasteiger partial charge in [0, 0.05) is 63.7 Å². The van der Waals surface area contributed by atoms with Gasteiger partial charge in [-0.25, -0.2) is 9.97 Å². The van der Waals surface area contributed by atoms with E-state index in [4.69, 9.17) is 5.26 Å². The van der Waals surface area contributed by atoms with Crippen LogP contribution in [0.4, 0.5) is 5.82 Å². The molecule has 1 aromatic rings. The number of hydrogen-bond acceptors (Lipinski definition) is 6. The highest BCUT2D eigenvalue weighted by molar-refractivity contribution is 5.51. The Morgan fingerprint density at radius 1 is 1.14 bits per heavy atom. The molecule has 6 heteroatoms. The van der Waals surface area contributed by atoms with Gasteiger partial charge in [-0.3, -0.25) is 9.80 Å². The SMILES string of the molecule is CC(C)N1CCN(C2CN(c3nccnc3C#N)C2)CC1. The summed E-state index contributed by atoms with van der Waals surface area (Å²) >= 11 is 0. The minimum Gasteiger partial charge on any atom is -0.351 e. The van der Waals surface area contributed by atoms with Crippen LogP contribution < -0.4 is 4.90 Å².